The van der Waals surface area contributed by atoms with Gasteiger partial charge in [0.25, 0.3) is 7.37 Å². The number of hydrogen-bond acceptors (Lipinski definition) is 4. The second-order valence-corrected chi connectivity index (χ2v) is 11.0. The summed E-state index contributed by atoms with van der Waals surface area (Å²) >= 11 is 12.7. The second-order valence-electron chi connectivity index (χ2n) is 7.74. The molecule has 2 atom stereocenters. The summed E-state index contributed by atoms with van der Waals surface area (Å²) in [5.41, 5.74) is 2.49. The van der Waals surface area contributed by atoms with Crippen molar-refractivity contribution in [1.82, 2.24) is 0 Å². The molecule has 0 radical (unpaired) electrons. The molecule has 1 N–H and O–H groups in total. The number of hydrogen-bond donors (Lipinski definition) is 1. The van der Waals surface area contributed by atoms with Gasteiger partial charge >= 0.3 is 0 Å². The van der Waals surface area contributed by atoms with Crippen LogP contribution in [0.25, 0.3) is 0 Å². The lowest BCUT2D eigenvalue weighted by molar-refractivity contribution is 0.245. The van der Waals surface area contributed by atoms with Crippen LogP contribution >= 0.6 is 30.6 Å². The number of halogens is 2. The highest BCUT2D eigenvalue weighted by molar-refractivity contribution is 7.67. The van der Waals surface area contributed by atoms with Gasteiger partial charge in [-0.3, -0.25) is 4.57 Å². The molecule has 0 aromatic heterocycles. The number of rotatable bonds is 8. The average molecular weight is 477 g/mol. The predicted molar refractivity (Wildman–Crippen MR) is 133 cm³/mol. The quantitative estimate of drug-likeness (QED) is 0.349. The van der Waals surface area contributed by atoms with E-state index >= 15 is 0 Å². The van der Waals surface area contributed by atoms with Crippen LogP contribution in [0.2, 0.25) is 10.0 Å². The molecule has 31 heavy (non-hydrogen) atoms. The van der Waals surface area contributed by atoms with Crippen LogP contribution in [0.1, 0.15) is 25.2 Å². The molecule has 4 nitrogen and oxygen atoms in total. The molecule has 3 aromatic rings. The van der Waals surface area contributed by atoms with Gasteiger partial charge in [0.15, 0.2) is 0 Å². The lowest BCUT2D eigenvalue weighted by Gasteiger charge is -2.32. The lowest BCUT2D eigenvalue weighted by atomic mass is 10.2. The monoisotopic (exact) mass is 476 g/mol. The Morgan fingerprint density at radius 3 is 2.13 bits per heavy atom. The SMILES string of the molecule is CC(C)O[P@@](=O)(c1ccc(N(C)C)cc1)[C@@H](Nc1ccccc1)c1ccc(Cl)cc1Cl. The van der Waals surface area contributed by atoms with E-state index < -0.39 is 13.2 Å². The van der Waals surface area contributed by atoms with E-state index in [0.717, 1.165) is 11.4 Å². The smallest absolute Gasteiger partial charge is 0.258 e. The van der Waals surface area contributed by atoms with Crippen molar-refractivity contribution in [1.29, 1.82) is 0 Å². The molecule has 0 aliphatic heterocycles. The van der Waals surface area contributed by atoms with Gasteiger partial charge in [0.2, 0.25) is 0 Å². The fraction of sp³-hybridized carbons (Fsp3) is 0.250. The standard InChI is InChI=1S/C24H27Cl2N2O2P/c1-17(2)30-31(29,21-13-11-20(12-14-21)28(3)4)24(27-19-8-6-5-7-9-19)22-15-10-18(25)16-23(22)26/h5-17,24,27H,1-4H3/t24-,31+/m1/s1. The summed E-state index contributed by atoms with van der Waals surface area (Å²) < 4.78 is 20.8. The normalized spacial score (nSPS) is 14.2. The van der Waals surface area contributed by atoms with Crippen molar-refractivity contribution in [2.75, 3.05) is 24.3 Å². The van der Waals surface area contributed by atoms with Crippen molar-refractivity contribution in [3.63, 3.8) is 0 Å². The Kier molecular flexibility index (Phi) is 7.72. The molecule has 3 rings (SSSR count). The minimum atomic E-state index is -3.47. The first-order chi connectivity index (χ1) is 14.7. The fourth-order valence-corrected chi connectivity index (χ4v) is 6.54. The van der Waals surface area contributed by atoms with Gasteiger partial charge in [-0.05, 0) is 62.4 Å². The average Bonchev–Trinajstić information content (AvgIpc) is 2.73. The summed E-state index contributed by atoms with van der Waals surface area (Å²) in [5.74, 6) is -0.702. The molecule has 0 fully saturated rings. The van der Waals surface area contributed by atoms with Gasteiger partial charge in [-0.1, -0.05) is 47.5 Å². The summed E-state index contributed by atoms with van der Waals surface area (Å²) in [6, 6.07) is 22.4. The molecule has 0 saturated carbocycles. The van der Waals surface area contributed by atoms with Crippen LogP contribution in [0.5, 0.6) is 0 Å². The molecule has 3 aromatic carbocycles. The van der Waals surface area contributed by atoms with Crippen LogP contribution in [0, 0.1) is 0 Å². The van der Waals surface area contributed by atoms with Crippen LogP contribution in [0.3, 0.4) is 0 Å². The second kappa shape index (κ2) is 10.1. The van der Waals surface area contributed by atoms with Gasteiger partial charge < -0.3 is 14.7 Å². The molecular formula is C24H27Cl2N2O2P. The maximum atomic E-state index is 14.7. The van der Waals surface area contributed by atoms with E-state index in [0.29, 0.717) is 20.9 Å². The zero-order valence-electron chi connectivity index (χ0n) is 18.0. The summed E-state index contributed by atoms with van der Waals surface area (Å²) in [6.07, 6.45) is -0.259. The number of para-hydroxylation sites is 1. The van der Waals surface area contributed by atoms with Crippen molar-refractivity contribution >= 4 is 47.3 Å². The first-order valence-electron chi connectivity index (χ1n) is 10.0. The van der Waals surface area contributed by atoms with E-state index in [1.54, 1.807) is 18.2 Å². The summed E-state index contributed by atoms with van der Waals surface area (Å²) in [5, 5.41) is 4.97. The van der Waals surface area contributed by atoms with Gasteiger partial charge in [0, 0.05) is 46.4 Å². The van der Waals surface area contributed by atoms with Gasteiger partial charge in [0.1, 0.15) is 5.78 Å². The number of nitrogens with zero attached hydrogens (tertiary/aromatic N) is 1. The third kappa shape index (κ3) is 5.64. The topological polar surface area (TPSA) is 41.6 Å². The molecule has 0 amide bonds. The van der Waals surface area contributed by atoms with E-state index in [-0.39, 0.29) is 6.10 Å². The molecular weight excluding hydrogens is 450 g/mol. The van der Waals surface area contributed by atoms with Gasteiger partial charge in [0.05, 0.1) is 6.10 Å². The first kappa shape index (κ1) is 23.7. The summed E-state index contributed by atoms with van der Waals surface area (Å²) in [7, 11) is 0.455. The number of anilines is 2. The Bertz CT molecular complexity index is 1060. The Morgan fingerprint density at radius 1 is 0.935 bits per heavy atom. The number of benzene rings is 3. The van der Waals surface area contributed by atoms with Crippen molar-refractivity contribution in [3.8, 4) is 0 Å². The van der Waals surface area contributed by atoms with Gasteiger partial charge in [-0.2, -0.15) is 0 Å². The molecule has 0 saturated heterocycles. The van der Waals surface area contributed by atoms with E-state index in [1.165, 1.54) is 0 Å². The maximum Gasteiger partial charge on any atom is 0.258 e. The number of nitrogens with one attached hydrogen (secondary N) is 1. The zero-order valence-corrected chi connectivity index (χ0v) is 20.5. The van der Waals surface area contributed by atoms with Crippen LogP contribution in [0.4, 0.5) is 11.4 Å². The van der Waals surface area contributed by atoms with E-state index in [1.807, 2.05) is 87.4 Å². The molecule has 0 spiro atoms. The molecule has 7 heteroatoms. The molecule has 0 bridgehead atoms. The highest BCUT2D eigenvalue weighted by Crippen LogP contribution is 2.60. The third-order valence-corrected chi connectivity index (χ3v) is 8.17. The van der Waals surface area contributed by atoms with Crippen LogP contribution in [-0.2, 0) is 9.09 Å². The molecule has 0 heterocycles. The van der Waals surface area contributed by atoms with Crippen molar-refractivity contribution < 1.29 is 9.09 Å². The highest BCUT2D eigenvalue weighted by Gasteiger charge is 2.39. The van der Waals surface area contributed by atoms with E-state index in [4.69, 9.17) is 27.7 Å². The Hall–Kier alpha value is -1.97. The molecule has 0 aliphatic carbocycles. The maximum absolute atomic E-state index is 14.7. The molecule has 164 valence electrons. The van der Waals surface area contributed by atoms with Gasteiger partial charge in [-0.15, -0.1) is 0 Å². The van der Waals surface area contributed by atoms with Crippen LogP contribution in [0.15, 0.2) is 72.8 Å². The van der Waals surface area contributed by atoms with Crippen molar-refractivity contribution in [3.05, 3.63) is 88.4 Å². The van der Waals surface area contributed by atoms with Gasteiger partial charge in [-0.25, -0.2) is 0 Å². The summed E-state index contributed by atoms with van der Waals surface area (Å²) in [6.45, 7) is 3.76. The highest BCUT2D eigenvalue weighted by atomic mass is 35.5. The largest absolute Gasteiger partial charge is 0.378 e. The first-order valence-corrected chi connectivity index (χ1v) is 12.5. The lowest BCUT2D eigenvalue weighted by Crippen LogP contribution is -2.23. The van der Waals surface area contributed by atoms with Crippen LogP contribution < -0.4 is 15.5 Å². The van der Waals surface area contributed by atoms with E-state index in [2.05, 4.69) is 5.32 Å². The minimum absolute atomic E-state index is 0.259. The predicted octanol–water partition coefficient (Wildman–Crippen LogP) is 7.20. The molecule has 0 unspecified atom stereocenters. The Labute approximate surface area is 194 Å². The van der Waals surface area contributed by atoms with Crippen molar-refractivity contribution in [2.24, 2.45) is 0 Å². The molecule has 0 aliphatic rings. The Morgan fingerprint density at radius 2 is 1.58 bits per heavy atom. The fourth-order valence-electron chi connectivity index (χ4n) is 3.30. The third-order valence-electron chi connectivity index (χ3n) is 4.77. The van der Waals surface area contributed by atoms with Crippen LogP contribution in [-0.4, -0.2) is 20.2 Å². The van der Waals surface area contributed by atoms with Crippen molar-refractivity contribution in [2.45, 2.75) is 25.7 Å². The minimum Gasteiger partial charge on any atom is -0.378 e. The Balaban J connectivity index is 2.17. The van der Waals surface area contributed by atoms with E-state index in [9.17, 15) is 4.57 Å². The summed E-state index contributed by atoms with van der Waals surface area (Å²) in [4.78, 5) is 1.99. The zero-order chi connectivity index (χ0) is 22.6.